The van der Waals surface area contributed by atoms with Crippen molar-refractivity contribution in [2.45, 2.75) is 108 Å². The molecule has 3 aliphatic heterocycles. The van der Waals surface area contributed by atoms with Crippen LogP contribution in [0.3, 0.4) is 0 Å². The van der Waals surface area contributed by atoms with E-state index in [0.29, 0.717) is 25.9 Å². The number of hydrogen-bond donors (Lipinski definition) is 3. The zero-order chi connectivity index (χ0) is 34.9. The number of benzene rings is 1. The highest BCUT2D eigenvalue weighted by atomic mass is 32.2. The maximum Gasteiger partial charge on any atom is 0.410 e. The highest BCUT2D eigenvalue weighted by molar-refractivity contribution is 7.89. The SMILES string of the molecule is CC(C)(C)OC(=O)N[C@@H]1CCCCCC=C[C@@H]2C[C@@]2(C(=O)NS(C)(=O)=O)NC(=O)[C@@H]2C[C@@H](OC(=O)N3Cc4ccccc4C3)CN2C1=O. The molecular weight excluding hydrogens is 642 g/mol. The molecule has 15 heteroatoms. The predicted octanol–water partition coefficient (Wildman–Crippen LogP) is 2.47. The fourth-order valence-electron chi connectivity index (χ4n) is 6.55. The number of nitrogens with one attached hydrogen (secondary N) is 3. The molecule has 5 rings (SSSR count). The lowest BCUT2D eigenvalue weighted by molar-refractivity contribution is -0.141. The normalized spacial score (nSPS) is 27.8. The van der Waals surface area contributed by atoms with Gasteiger partial charge in [-0.3, -0.25) is 24.0 Å². The van der Waals surface area contributed by atoms with Crippen molar-refractivity contribution in [2.75, 3.05) is 12.8 Å². The number of carbonyl (C=O) groups is 5. The van der Waals surface area contributed by atoms with E-state index >= 15 is 0 Å². The zero-order valence-corrected chi connectivity index (χ0v) is 28.6. The molecule has 1 aromatic rings. The Kier molecular flexibility index (Phi) is 10.1. The van der Waals surface area contributed by atoms with Crippen LogP contribution in [0.2, 0.25) is 0 Å². The minimum Gasteiger partial charge on any atom is -0.444 e. The molecule has 48 heavy (non-hydrogen) atoms. The molecule has 5 atom stereocenters. The number of alkyl carbamates (subject to hydrolysis) is 1. The van der Waals surface area contributed by atoms with Crippen LogP contribution in [0, 0.1) is 5.92 Å². The number of fused-ring (bicyclic) bond motifs is 3. The van der Waals surface area contributed by atoms with Crippen molar-refractivity contribution in [3.8, 4) is 0 Å². The number of hydrogen-bond acceptors (Lipinski definition) is 9. The molecular formula is C33H45N5O9S. The van der Waals surface area contributed by atoms with Gasteiger partial charge < -0.3 is 25.0 Å². The van der Waals surface area contributed by atoms with E-state index in [1.807, 2.05) is 41.1 Å². The molecule has 5 amide bonds. The van der Waals surface area contributed by atoms with Crippen LogP contribution in [0.5, 0.6) is 0 Å². The number of ether oxygens (including phenoxy) is 2. The lowest BCUT2D eigenvalue weighted by atomic mass is 10.0. The first-order valence-electron chi connectivity index (χ1n) is 16.4. The molecule has 1 aliphatic carbocycles. The summed E-state index contributed by atoms with van der Waals surface area (Å²) in [5.74, 6) is -2.57. The van der Waals surface area contributed by atoms with Crippen molar-refractivity contribution in [2.24, 2.45) is 5.92 Å². The Bertz CT molecular complexity index is 1560. The van der Waals surface area contributed by atoms with Crippen LogP contribution in [-0.2, 0) is 47.0 Å². The van der Waals surface area contributed by atoms with Crippen LogP contribution >= 0.6 is 0 Å². The molecule has 0 radical (unpaired) electrons. The second kappa shape index (κ2) is 13.8. The van der Waals surface area contributed by atoms with E-state index in [-0.39, 0.29) is 25.8 Å². The van der Waals surface area contributed by atoms with E-state index < -0.39 is 75.2 Å². The number of amides is 5. The Morgan fingerprint density at radius 2 is 1.73 bits per heavy atom. The smallest absolute Gasteiger partial charge is 0.410 e. The fraction of sp³-hybridized carbons (Fsp3) is 0.606. The van der Waals surface area contributed by atoms with Gasteiger partial charge in [-0.25, -0.2) is 18.0 Å². The number of sulfonamides is 1. The number of nitrogens with zero attached hydrogens (tertiary/aromatic N) is 2. The maximum atomic E-state index is 14.2. The molecule has 0 unspecified atom stereocenters. The van der Waals surface area contributed by atoms with Gasteiger partial charge in [0.25, 0.3) is 5.91 Å². The Morgan fingerprint density at radius 3 is 2.38 bits per heavy atom. The first kappa shape index (κ1) is 35.2. The molecule has 0 bridgehead atoms. The Labute approximate surface area is 281 Å². The Morgan fingerprint density at radius 1 is 1.04 bits per heavy atom. The van der Waals surface area contributed by atoms with Gasteiger partial charge in [-0.2, -0.15) is 0 Å². The van der Waals surface area contributed by atoms with Crippen LogP contribution in [-0.4, -0.2) is 90.3 Å². The van der Waals surface area contributed by atoms with E-state index in [1.165, 1.54) is 4.90 Å². The predicted molar refractivity (Wildman–Crippen MR) is 173 cm³/mol. The number of allylic oxidation sites excluding steroid dienone is 1. The van der Waals surface area contributed by atoms with Gasteiger partial charge in [0.2, 0.25) is 21.8 Å². The lowest BCUT2D eigenvalue weighted by Gasteiger charge is -2.30. The molecule has 3 heterocycles. The zero-order valence-electron chi connectivity index (χ0n) is 27.8. The van der Waals surface area contributed by atoms with E-state index in [9.17, 15) is 32.4 Å². The van der Waals surface area contributed by atoms with Crippen LogP contribution in [0.15, 0.2) is 36.4 Å². The largest absolute Gasteiger partial charge is 0.444 e. The monoisotopic (exact) mass is 687 g/mol. The third kappa shape index (κ3) is 8.47. The molecule has 0 aromatic heterocycles. The number of carbonyl (C=O) groups excluding carboxylic acids is 5. The van der Waals surface area contributed by atoms with Gasteiger partial charge in [0, 0.05) is 25.4 Å². The van der Waals surface area contributed by atoms with Gasteiger partial charge in [-0.1, -0.05) is 49.3 Å². The van der Waals surface area contributed by atoms with E-state index in [2.05, 4.69) is 10.6 Å². The molecule has 1 saturated carbocycles. The van der Waals surface area contributed by atoms with Crippen LogP contribution in [0.25, 0.3) is 0 Å². The molecule has 1 saturated heterocycles. The van der Waals surface area contributed by atoms with Gasteiger partial charge in [0.1, 0.15) is 29.3 Å². The second-order valence-corrected chi connectivity index (χ2v) is 15.9. The minimum absolute atomic E-state index is 0.0620. The van der Waals surface area contributed by atoms with E-state index in [0.717, 1.165) is 30.2 Å². The molecule has 14 nitrogen and oxygen atoms in total. The van der Waals surface area contributed by atoms with Crippen LogP contribution in [0.1, 0.15) is 76.8 Å². The number of rotatable bonds is 4. The van der Waals surface area contributed by atoms with Crippen molar-refractivity contribution in [3.05, 3.63) is 47.5 Å². The third-order valence-electron chi connectivity index (χ3n) is 8.98. The Hall–Kier alpha value is -4.14. The van der Waals surface area contributed by atoms with Crippen LogP contribution in [0.4, 0.5) is 9.59 Å². The summed E-state index contributed by atoms with van der Waals surface area (Å²) in [5.41, 5.74) is -0.337. The summed E-state index contributed by atoms with van der Waals surface area (Å²) in [6.45, 7) is 5.72. The molecule has 2 fully saturated rings. The molecule has 4 aliphatic rings. The average molecular weight is 688 g/mol. The van der Waals surface area contributed by atoms with E-state index in [4.69, 9.17) is 9.47 Å². The molecule has 3 N–H and O–H groups in total. The van der Waals surface area contributed by atoms with Gasteiger partial charge in [0.15, 0.2) is 0 Å². The van der Waals surface area contributed by atoms with Crippen LogP contribution < -0.4 is 15.4 Å². The lowest BCUT2D eigenvalue weighted by Crippen LogP contribution is -2.58. The quantitative estimate of drug-likeness (QED) is 0.401. The maximum absolute atomic E-state index is 14.2. The highest BCUT2D eigenvalue weighted by Crippen LogP contribution is 2.45. The van der Waals surface area contributed by atoms with Gasteiger partial charge in [0.05, 0.1) is 12.8 Å². The van der Waals surface area contributed by atoms with Gasteiger partial charge in [-0.15, -0.1) is 0 Å². The van der Waals surface area contributed by atoms with Gasteiger partial charge in [-0.05, 0) is 57.6 Å². The summed E-state index contributed by atoms with van der Waals surface area (Å²) in [5, 5.41) is 5.43. The van der Waals surface area contributed by atoms with Crippen molar-refractivity contribution in [3.63, 3.8) is 0 Å². The average Bonchev–Trinajstić information content (AvgIpc) is 3.30. The van der Waals surface area contributed by atoms with E-state index in [1.54, 1.807) is 25.7 Å². The second-order valence-electron chi connectivity index (χ2n) is 14.1. The summed E-state index contributed by atoms with van der Waals surface area (Å²) in [6.07, 6.45) is 5.53. The Balaban J connectivity index is 1.40. The summed E-state index contributed by atoms with van der Waals surface area (Å²) < 4.78 is 37.2. The summed E-state index contributed by atoms with van der Waals surface area (Å²) in [4.78, 5) is 70.4. The first-order valence-corrected chi connectivity index (χ1v) is 18.3. The third-order valence-corrected chi connectivity index (χ3v) is 9.54. The summed E-state index contributed by atoms with van der Waals surface area (Å²) >= 11 is 0. The standard InChI is InChI=1S/C33H45N5O9S/c1-32(2,3)47-30(42)34-25-15-9-7-5-6-8-14-23-17-33(23,29(41)36-48(4,44)45)35-27(39)26-16-24(20-38(26)28(25)40)46-31(43)37-18-21-12-10-11-13-22(21)19-37/h8,10-14,23-26H,5-7,9,15-20H2,1-4H3,(H,34,42)(H,35,39)(H,36,41)/t23-,24-,25-,26+,33-/m1/s1. The van der Waals surface area contributed by atoms with Crippen molar-refractivity contribution in [1.29, 1.82) is 0 Å². The molecule has 0 spiro atoms. The first-order chi connectivity index (χ1) is 22.5. The minimum atomic E-state index is -3.93. The fourth-order valence-corrected chi connectivity index (χ4v) is 7.07. The highest BCUT2D eigenvalue weighted by Gasteiger charge is 2.61. The van der Waals surface area contributed by atoms with Gasteiger partial charge >= 0.3 is 12.2 Å². The molecule has 262 valence electrons. The van der Waals surface area contributed by atoms with Crippen molar-refractivity contribution < 1.29 is 41.9 Å². The molecule has 1 aromatic carbocycles. The van der Waals surface area contributed by atoms with Crippen molar-refractivity contribution in [1.82, 2.24) is 25.2 Å². The summed E-state index contributed by atoms with van der Waals surface area (Å²) in [7, 11) is -3.93. The topological polar surface area (TPSA) is 181 Å². The van der Waals surface area contributed by atoms with Crippen molar-refractivity contribution >= 4 is 39.9 Å². The summed E-state index contributed by atoms with van der Waals surface area (Å²) in [6, 6.07) is 5.45.